The maximum Gasteiger partial charge on any atom is 0.165 e. The molecule has 20 heavy (non-hydrogen) atoms. The Kier molecular flexibility index (Phi) is 3.69. The summed E-state index contributed by atoms with van der Waals surface area (Å²) in [4.78, 5) is 0. The number of hydrogen-bond acceptors (Lipinski definition) is 3. The summed E-state index contributed by atoms with van der Waals surface area (Å²) in [5.74, 6) is 0.00216. The summed E-state index contributed by atoms with van der Waals surface area (Å²) in [5, 5.41) is 7.60. The van der Waals surface area contributed by atoms with Crippen molar-refractivity contribution in [2.24, 2.45) is 7.05 Å². The van der Waals surface area contributed by atoms with Crippen LogP contribution in [-0.4, -0.2) is 15.8 Å². The molecule has 1 aromatic heterocycles. The fourth-order valence-corrected chi connectivity index (χ4v) is 2.08. The number of ether oxygens (including phenoxy) is 1. The van der Waals surface area contributed by atoms with Gasteiger partial charge in [0.2, 0.25) is 0 Å². The quantitative estimate of drug-likeness (QED) is 0.880. The second kappa shape index (κ2) is 5.63. The molecule has 106 valence electrons. The van der Waals surface area contributed by atoms with Crippen molar-refractivity contribution in [2.45, 2.75) is 32.0 Å². The van der Waals surface area contributed by atoms with E-state index in [-0.39, 0.29) is 12.4 Å². The van der Waals surface area contributed by atoms with E-state index in [4.69, 9.17) is 4.74 Å². The van der Waals surface area contributed by atoms with Crippen molar-refractivity contribution in [1.82, 2.24) is 15.1 Å². The molecule has 0 radical (unpaired) electrons. The summed E-state index contributed by atoms with van der Waals surface area (Å²) >= 11 is 0. The van der Waals surface area contributed by atoms with Crippen molar-refractivity contribution in [2.75, 3.05) is 0 Å². The topological polar surface area (TPSA) is 39.1 Å². The van der Waals surface area contributed by atoms with Crippen molar-refractivity contribution in [1.29, 1.82) is 0 Å². The van der Waals surface area contributed by atoms with Crippen molar-refractivity contribution in [3.05, 3.63) is 47.5 Å². The van der Waals surface area contributed by atoms with Gasteiger partial charge in [0.25, 0.3) is 0 Å². The minimum atomic E-state index is -0.323. The van der Waals surface area contributed by atoms with Gasteiger partial charge in [-0.15, -0.1) is 0 Å². The molecular weight excluding hydrogens is 257 g/mol. The smallest absolute Gasteiger partial charge is 0.165 e. The number of rotatable bonds is 6. The molecule has 0 aliphatic heterocycles. The maximum absolute atomic E-state index is 13.9. The average molecular weight is 275 g/mol. The van der Waals surface area contributed by atoms with Crippen LogP contribution < -0.4 is 10.1 Å². The highest BCUT2D eigenvalue weighted by Gasteiger charge is 2.21. The lowest BCUT2D eigenvalue weighted by Crippen LogP contribution is -2.16. The molecule has 1 saturated carbocycles. The Morgan fingerprint density at radius 2 is 2.25 bits per heavy atom. The minimum absolute atomic E-state index is 0.276. The molecule has 1 fully saturated rings. The molecule has 2 aromatic rings. The van der Waals surface area contributed by atoms with Gasteiger partial charge in [-0.05, 0) is 25.0 Å². The number of hydrogen-bond donors (Lipinski definition) is 1. The molecule has 0 bridgehead atoms. The van der Waals surface area contributed by atoms with Crippen LogP contribution in [0.2, 0.25) is 0 Å². The molecule has 0 atom stereocenters. The van der Waals surface area contributed by atoms with Crippen LogP contribution in [0.1, 0.15) is 24.1 Å². The van der Waals surface area contributed by atoms with Crippen LogP contribution in [0.3, 0.4) is 0 Å². The molecule has 5 heteroatoms. The third-order valence-corrected chi connectivity index (χ3v) is 3.34. The molecular formula is C15H18FN3O. The fourth-order valence-electron chi connectivity index (χ4n) is 2.08. The summed E-state index contributed by atoms with van der Waals surface area (Å²) in [5.41, 5.74) is 1.64. The maximum atomic E-state index is 13.9. The van der Waals surface area contributed by atoms with E-state index in [1.54, 1.807) is 10.7 Å². The molecule has 0 unspecified atom stereocenters. The molecule has 0 saturated heterocycles. The van der Waals surface area contributed by atoms with Gasteiger partial charge >= 0.3 is 0 Å². The van der Waals surface area contributed by atoms with E-state index in [9.17, 15) is 4.39 Å². The van der Waals surface area contributed by atoms with E-state index < -0.39 is 0 Å². The van der Waals surface area contributed by atoms with Crippen LogP contribution in [0, 0.1) is 5.82 Å². The molecule has 1 aromatic carbocycles. The van der Waals surface area contributed by atoms with E-state index >= 15 is 0 Å². The predicted octanol–water partition coefficient (Wildman–Crippen LogP) is 2.39. The monoisotopic (exact) mass is 275 g/mol. The van der Waals surface area contributed by atoms with Crippen LogP contribution in [0.25, 0.3) is 0 Å². The molecule has 1 aliphatic rings. The highest BCUT2D eigenvalue weighted by Crippen LogP contribution is 2.25. The highest BCUT2D eigenvalue weighted by molar-refractivity contribution is 5.35. The predicted molar refractivity (Wildman–Crippen MR) is 73.8 cm³/mol. The molecule has 1 aliphatic carbocycles. The fraction of sp³-hybridized carbons (Fsp3) is 0.400. The summed E-state index contributed by atoms with van der Waals surface area (Å²) < 4.78 is 21.3. The number of aromatic nitrogens is 2. The van der Waals surface area contributed by atoms with Crippen LogP contribution in [0.5, 0.6) is 5.75 Å². The van der Waals surface area contributed by atoms with E-state index in [2.05, 4.69) is 10.4 Å². The molecule has 1 N–H and O–H groups in total. The normalized spacial score (nSPS) is 14.5. The molecule has 3 rings (SSSR count). The Hall–Kier alpha value is -1.88. The lowest BCUT2D eigenvalue weighted by atomic mass is 10.2. The third kappa shape index (κ3) is 3.17. The van der Waals surface area contributed by atoms with Gasteiger partial charge in [-0.3, -0.25) is 4.68 Å². The molecule has 1 heterocycles. The van der Waals surface area contributed by atoms with Gasteiger partial charge in [-0.1, -0.05) is 12.1 Å². The number of para-hydroxylation sites is 1. The number of benzene rings is 1. The first-order chi connectivity index (χ1) is 9.72. The summed E-state index contributed by atoms with van der Waals surface area (Å²) in [6, 6.07) is 7.48. The van der Waals surface area contributed by atoms with E-state index in [0.717, 1.165) is 11.3 Å². The minimum Gasteiger partial charge on any atom is -0.484 e. The lowest BCUT2D eigenvalue weighted by molar-refractivity contribution is 0.280. The van der Waals surface area contributed by atoms with Gasteiger partial charge in [-0.25, -0.2) is 4.39 Å². The van der Waals surface area contributed by atoms with Crippen LogP contribution in [0.15, 0.2) is 30.5 Å². The van der Waals surface area contributed by atoms with Gasteiger partial charge in [0, 0.05) is 31.4 Å². The van der Waals surface area contributed by atoms with Crippen molar-refractivity contribution < 1.29 is 9.13 Å². The Balaban J connectivity index is 1.69. The summed E-state index contributed by atoms with van der Waals surface area (Å²) in [7, 11) is 1.84. The molecule has 4 nitrogen and oxygen atoms in total. The highest BCUT2D eigenvalue weighted by atomic mass is 19.1. The van der Waals surface area contributed by atoms with E-state index in [1.165, 1.54) is 18.9 Å². The first-order valence-electron chi connectivity index (χ1n) is 6.84. The van der Waals surface area contributed by atoms with Gasteiger partial charge in [0.05, 0.1) is 5.69 Å². The summed E-state index contributed by atoms with van der Waals surface area (Å²) in [6.45, 7) is 0.915. The first kappa shape index (κ1) is 13.1. The average Bonchev–Trinajstić information content (AvgIpc) is 3.17. The summed E-state index contributed by atoms with van der Waals surface area (Å²) in [6.07, 6.45) is 4.26. The Morgan fingerprint density at radius 3 is 2.95 bits per heavy atom. The Morgan fingerprint density at radius 1 is 1.40 bits per heavy atom. The Labute approximate surface area is 117 Å². The van der Waals surface area contributed by atoms with Gasteiger partial charge in [0.1, 0.15) is 6.61 Å². The zero-order valence-electron chi connectivity index (χ0n) is 11.5. The molecule has 0 spiro atoms. The van der Waals surface area contributed by atoms with Crippen LogP contribution in [-0.2, 0) is 20.2 Å². The van der Waals surface area contributed by atoms with Gasteiger partial charge < -0.3 is 10.1 Å². The van der Waals surface area contributed by atoms with Crippen molar-refractivity contribution >= 4 is 0 Å². The second-order valence-electron chi connectivity index (χ2n) is 5.15. The third-order valence-electron chi connectivity index (χ3n) is 3.34. The zero-order valence-corrected chi connectivity index (χ0v) is 11.5. The SMILES string of the molecule is Cn1ccc(COc2c(F)cccc2CNC2CC2)n1. The lowest BCUT2D eigenvalue weighted by Gasteiger charge is -2.12. The van der Waals surface area contributed by atoms with E-state index in [1.807, 2.05) is 25.4 Å². The number of nitrogens with one attached hydrogen (secondary N) is 1. The second-order valence-corrected chi connectivity index (χ2v) is 5.15. The number of aryl methyl sites for hydroxylation is 1. The zero-order chi connectivity index (χ0) is 13.9. The van der Waals surface area contributed by atoms with Crippen molar-refractivity contribution in [3.8, 4) is 5.75 Å². The van der Waals surface area contributed by atoms with Gasteiger partial charge in [0.15, 0.2) is 11.6 Å². The van der Waals surface area contributed by atoms with Crippen LogP contribution in [0.4, 0.5) is 4.39 Å². The van der Waals surface area contributed by atoms with Crippen LogP contribution >= 0.6 is 0 Å². The number of halogens is 1. The van der Waals surface area contributed by atoms with Gasteiger partial charge in [-0.2, -0.15) is 5.10 Å². The molecule has 0 amide bonds. The first-order valence-corrected chi connectivity index (χ1v) is 6.84. The largest absolute Gasteiger partial charge is 0.484 e. The van der Waals surface area contributed by atoms with E-state index in [0.29, 0.717) is 18.3 Å². The Bertz CT molecular complexity index is 593. The standard InChI is InChI=1S/C15H18FN3O/c1-19-8-7-13(18-19)10-20-15-11(3-2-4-14(15)16)9-17-12-5-6-12/h2-4,7-8,12,17H,5-6,9-10H2,1H3. The number of nitrogens with zero attached hydrogens (tertiary/aromatic N) is 2. The van der Waals surface area contributed by atoms with Crippen molar-refractivity contribution in [3.63, 3.8) is 0 Å².